The van der Waals surface area contributed by atoms with Crippen molar-refractivity contribution >= 4 is 25.8 Å². The Morgan fingerprint density at radius 1 is 1.36 bits per heavy atom. The fourth-order valence-electron chi connectivity index (χ4n) is 0.748. The zero-order valence-electron chi connectivity index (χ0n) is 7.01. The van der Waals surface area contributed by atoms with E-state index in [0.717, 1.165) is 11.8 Å². The molecule has 0 aliphatic heterocycles. The monoisotopic (exact) mass is 242 g/mol. The predicted octanol–water partition coefficient (Wildman–Crippen LogP) is 1.84. The molecule has 0 saturated heterocycles. The van der Waals surface area contributed by atoms with Gasteiger partial charge in [-0.1, -0.05) is 36.2 Å². The van der Waals surface area contributed by atoms with Gasteiger partial charge >= 0.3 is 0 Å². The summed E-state index contributed by atoms with van der Waals surface area (Å²) >= 11 is 3.29. The first kappa shape index (κ1) is 11.4. The Bertz CT molecular complexity index is 183. The predicted molar refractivity (Wildman–Crippen MR) is 51.9 cm³/mol. The summed E-state index contributed by atoms with van der Waals surface area (Å²) in [5.41, 5.74) is 0. The molecule has 0 aliphatic carbocycles. The average molecular weight is 243 g/mol. The molecule has 68 valence electrons. The molecule has 0 amide bonds. The Morgan fingerprint density at radius 3 is 2.18 bits per heavy atom. The summed E-state index contributed by atoms with van der Waals surface area (Å²) in [5.74, 6) is 0.863. The third kappa shape index (κ3) is 4.80. The van der Waals surface area contributed by atoms with E-state index >= 15 is 0 Å². The highest BCUT2D eigenvalue weighted by Crippen LogP contribution is 2.09. The van der Waals surface area contributed by atoms with Crippen molar-refractivity contribution < 1.29 is 8.42 Å². The molecular formula is C7H15BrO2S. The second kappa shape index (κ2) is 5.14. The third-order valence-electron chi connectivity index (χ3n) is 1.73. The van der Waals surface area contributed by atoms with Crippen molar-refractivity contribution in [2.45, 2.75) is 20.3 Å². The van der Waals surface area contributed by atoms with Gasteiger partial charge in [0.25, 0.3) is 0 Å². The minimum absolute atomic E-state index is 0.260. The Labute approximate surface area is 77.4 Å². The Hall–Kier alpha value is 0.430. The molecule has 0 saturated carbocycles. The molecule has 0 aromatic heterocycles. The number of alkyl halides is 1. The van der Waals surface area contributed by atoms with Crippen molar-refractivity contribution in [1.29, 1.82) is 0 Å². The SMILES string of the molecule is CCC(CBr)CS(=O)(=O)CC. The molecule has 0 N–H and O–H groups in total. The molecule has 2 nitrogen and oxygen atoms in total. The summed E-state index contributed by atoms with van der Waals surface area (Å²) < 4.78 is 22.2. The second-order valence-electron chi connectivity index (χ2n) is 2.63. The summed E-state index contributed by atoms with van der Waals surface area (Å²) in [7, 11) is -2.77. The molecule has 0 spiro atoms. The molecule has 0 heterocycles. The van der Waals surface area contributed by atoms with Crippen LogP contribution in [0.1, 0.15) is 20.3 Å². The van der Waals surface area contributed by atoms with E-state index in [1.807, 2.05) is 6.92 Å². The van der Waals surface area contributed by atoms with E-state index in [1.54, 1.807) is 6.92 Å². The van der Waals surface area contributed by atoms with Gasteiger partial charge in [-0.2, -0.15) is 0 Å². The first-order chi connectivity index (χ1) is 5.05. The van der Waals surface area contributed by atoms with Crippen molar-refractivity contribution in [2.24, 2.45) is 5.92 Å². The number of hydrogen-bond donors (Lipinski definition) is 0. The largest absolute Gasteiger partial charge is 0.229 e. The summed E-state index contributed by atoms with van der Waals surface area (Å²) in [6.45, 7) is 3.70. The number of halogens is 1. The van der Waals surface area contributed by atoms with E-state index in [-0.39, 0.29) is 11.7 Å². The maximum Gasteiger partial charge on any atom is 0.150 e. The number of rotatable bonds is 5. The maximum absolute atomic E-state index is 11.1. The van der Waals surface area contributed by atoms with Crippen LogP contribution < -0.4 is 0 Å². The quantitative estimate of drug-likeness (QED) is 0.690. The number of sulfone groups is 1. The van der Waals surface area contributed by atoms with Crippen molar-refractivity contribution in [3.8, 4) is 0 Å². The van der Waals surface area contributed by atoms with Gasteiger partial charge in [0.2, 0.25) is 0 Å². The molecule has 4 heteroatoms. The lowest BCUT2D eigenvalue weighted by Gasteiger charge is -2.09. The Morgan fingerprint density at radius 2 is 1.91 bits per heavy atom. The van der Waals surface area contributed by atoms with E-state index in [0.29, 0.717) is 5.75 Å². The molecule has 0 aliphatic rings. The van der Waals surface area contributed by atoms with Crippen LogP contribution in [0, 0.1) is 5.92 Å². The molecule has 11 heavy (non-hydrogen) atoms. The summed E-state index contributed by atoms with van der Waals surface area (Å²) in [5, 5.41) is 0.780. The highest BCUT2D eigenvalue weighted by Gasteiger charge is 2.14. The maximum atomic E-state index is 11.1. The van der Waals surface area contributed by atoms with E-state index in [2.05, 4.69) is 15.9 Å². The fourth-order valence-corrected chi connectivity index (χ4v) is 3.05. The normalized spacial score (nSPS) is 14.8. The van der Waals surface area contributed by atoms with Crippen molar-refractivity contribution in [1.82, 2.24) is 0 Å². The minimum atomic E-state index is -2.77. The van der Waals surface area contributed by atoms with Gasteiger partial charge in [0, 0.05) is 11.1 Å². The molecule has 0 fully saturated rings. The lowest BCUT2D eigenvalue weighted by Crippen LogP contribution is -2.18. The van der Waals surface area contributed by atoms with Crippen LogP contribution >= 0.6 is 15.9 Å². The lowest BCUT2D eigenvalue weighted by molar-refractivity contribution is 0.570. The van der Waals surface area contributed by atoms with Crippen LogP contribution in [0.3, 0.4) is 0 Å². The number of hydrogen-bond acceptors (Lipinski definition) is 2. The lowest BCUT2D eigenvalue weighted by atomic mass is 10.2. The topological polar surface area (TPSA) is 34.1 Å². The standard InChI is InChI=1S/C7H15BrO2S/c1-3-7(5-8)6-11(9,10)4-2/h7H,3-6H2,1-2H3. The first-order valence-corrected chi connectivity index (χ1v) is 6.76. The van der Waals surface area contributed by atoms with Crippen LogP contribution in [0.25, 0.3) is 0 Å². The minimum Gasteiger partial charge on any atom is -0.229 e. The Kier molecular flexibility index (Phi) is 5.34. The zero-order chi connectivity index (χ0) is 8.91. The van der Waals surface area contributed by atoms with E-state index < -0.39 is 9.84 Å². The first-order valence-electron chi connectivity index (χ1n) is 3.82. The highest BCUT2D eigenvalue weighted by atomic mass is 79.9. The van der Waals surface area contributed by atoms with Gasteiger partial charge < -0.3 is 0 Å². The van der Waals surface area contributed by atoms with E-state index in [4.69, 9.17) is 0 Å². The zero-order valence-corrected chi connectivity index (χ0v) is 9.41. The smallest absolute Gasteiger partial charge is 0.150 e. The van der Waals surface area contributed by atoms with Gasteiger partial charge in [-0.15, -0.1) is 0 Å². The van der Waals surface area contributed by atoms with E-state index in [9.17, 15) is 8.42 Å². The molecule has 1 atom stereocenters. The van der Waals surface area contributed by atoms with Crippen LogP contribution in [0.2, 0.25) is 0 Å². The molecule has 0 rings (SSSR count). The van der Waals surface area contributed by atoms with E-state index in [1.165, 1.54) is 0 Å². The average Bonchev–Trinajstić information content (AvgIpc) is 2.00. The Balaban J connectivity index is 4.01. The van der Waals surface area contributed by atoms with Crippen molar-refractivity contribution in [3.63, 3.8) is 0 Å². The van der Waals surface area contributed by atoms with Gasteiger partial charge in [-0.3, -0.25) is 0 Å². The summed E-state index contributed by atoms with van der Waals surface area (Å²) in [4.78, 5) is 0. The molecule has 0 aromatic carbocycles. The van der Waals surface area contributed by atoms with Gasteiger partial charge in [0.05, 0.1) is 5.75 Å². The molecule has 0 bridgehead atoms. The molecular weight excluding hydrogens is 228 g/mol. The van der Waals surface area contributed by atoms with Crippen LogP contribution in [-0.4, -0.2) is 25.3 Å². The molecule has 1 unspecified atom stereocenters. The van der Waals surface area contributed by atoms with Crippen LogP contribution in [0.15, 0.2) is 0 Å². The molecule has 0 aromatic rings. The second-order valence-corrected chi connectivity index (χ2v) is 5.67. The molecule has 0 radical (unpaired) electrons. The van der Waals surface area contributed by atoms with Gasteiger partial charge in [-0.05, 0) is 5.92 Å². The van der Waals surface area contributed by atoms with Crippen molar-refractivity contribution in [3.05, 3.63) is 0 Å². The summed E-state index contributed by atoms with van der Waals surface area (Å²) in [6.07, 6.45) is 0.921. The van der Waals surface area contributed by atoms with Gasteiger partial charge in [0.1, 0.15) is 9.84 Å². The summed E-state index contributed by atoms with van der Waals surface area (Å²) in [6, 6.07) is 0. The van der Waals surface area contributed by atoms with Crippen molar-refractivity contribution in [2.75, 3.05) is 16.8 Å². The van der Waals surface area contributed by atoms with Gasteiger partial charge in [0.15, 0.2) is 0 Å². The van der Waals surface area contributed by atoms with Gasteiger partial charge in [-0.25, -0.2) is 8.42 Å². The van der Waals surface area contributed by atoms with Crippen LogP contribution in [0.5, 0.6) is 0 Å². The third-order valence-corrected chi connectivity index (χ3v) is 4.50. The fraction of sp³-hybridized carbons (Fsp3) is 1.00. The van der Waals surface area contributed by atoms with Crippen LogP contribution in [-0.2, 0) is 9.84 Å². The van der Waals surface area contributed by atoms with Crippen LogP contribution in [0.4, 0.5) is 0 Å². The highest BCUT2D eigenvalue weighted by molar-refractivity contribution is 9.09.